The molecule has 9 heteroatoms. The third-order valence-electron chi connectivity index (χ3n) is 3.63. The second kappa shape index (κ2) is 6.27. The van der Waals surface area contributed by atoms with Crippen molar-refractivity contribution in [2.45, 2.75) is 38.8 Å². The molecule has 3 N–H and O–H groups in total. The molecule has 1 aliphatic heterocycles. The zero-order valence-corrected chi connectivity index (χ0v) is 12.7. The summed E-state index contributed by atoms with van der Waals surface area (Å²) in [6.45, 7) is 1.30. The maximum absolute atomic E-state index is 11.4. The number of anilines is 1. The summed E-state index contributed by atoms with van der Waals surface area (Å²) < 4.78 is 2.12. The highest BCUT2D eigenvalue weighted by Gasteiger charge is 2.16. The average molecular weight is 322 g/mol. The fraction of sp³-hybridized carbons (Fsp3) is 0.462. The zero-order chi connectivity index (χ0) is 15.5. The average Bonchev–Trinajstić information content (AvgIpc) is 2.73. The number of nitrogens with one attached hydrogen (secondary N) is 1. The van der Waals surface area contributed by atoms with Gasteiger partial charge in [-0.3, -0.25) is 4.79 Å². The summed E-state index contributed by atoms with van der Waals surface area (Å²) >= 11 is 5.74. The smallest absolute Gasteiger partial charge is 0.252 e. The van der Waals surface area contributed by atoms with Gasteiger partial charge < -0.3 is 15.6 Å². The number of amides is 1. The van der Waals surface area contributed by atoms with Gasteiger partial charge in [0.25, 0.3) is 5.91 Å². The molecule has 0 saturated heterocycles. The van der Waals surface area contributed by atoms with Gasteiger partial charge in [-0.05, 0) is 18.9 Å². The van der Waals surface area contributed by atoms with E-state index in [-0.39, 0.29) is 10.7 Å². The van der Waals surface area contributed by atoms with Gasteiger partial charge in [0.15, 0.2) is 16.8 Å². The topological polar surface area (TPSA) is 112 Å². The molecular formula is C13H16ClN7O. The summed E-state index contributed by atoms with van der Waals surface area (Å²) in [5, 5.41) is 19.2. The lowest BCUT2D eigenvalue weighted by molar-refractivity contribution is 0.100. The van der Waals surface area contributed by atoms with Crippen molar-refractivity contribution in [3.63, 3.8) is 0 Å². The number of aryl methyl sites for hydroxylation is 1. The monoisotopic (exact) mass is 321 g/mol. The lowest BCUT2D eigenvalue weighted by atomic mass is 10.2. The number of nitrogens with two attached hydrogens (primary N) is 1. The Morgan fingerprint density at radius 3 is 2.95 bits per heavy atom. The molecule has 8 nitrogen and oxygen atoms in total. The van der Waals surface area contributed by atoms with Crippen molar-refractivity contribution in [3.05, 3.63) is 28.4 Å². The van der Waals surface area contributed by atoms with E-state index in [4.69, 9.17) is 17.3 Å². The summed E-state index contributed by atoms with van der Waals surface area (Å²) in [6, 6.07) is 1.39. The molecule has 0 fully saturated rings. The highest BCUT2D eigenvalue weighted by Crippen LogP contribution is 2.17. The van der Waals surface area contributed by atoms with Gasteiger partial charge in [-0.2, -0.15) is 0 Å². The second-order valence-corrected chi connectivity index (χ2v) is 5.53. The molecule has 0 aliphatic carbocycles. The van der Waals surface area contributed by atoms with E-state index in [0.717, 1.165) is 37.5 Å². The molecule has 2 aromatic heterocycles. The summed E-state index contributed by atoms with van der Waals surface area (Å²) in [4.78, 5) is 11.4. The van der Waals surface area contributed by atoms with E-state index in [1.54, 1.807) is 0 Å². The predicted octanol–water partition coefficient (Wildman–Crippen LogP) is 1.16. The molecule has 22 heavy (non-hydrogen) atoms. The molecule has 116 valence electrons. The maximum Gasteiger partial charge on any atom is 0.252 e. The minimum absolute atomic E-state index is 0.121. The first-order valence-corrected chi connectivity index (χ1v) is 7.51. The van der Waals surface area contributed by atoms with Crippen LogP contribution in [-0.4, -0.2) is 30.9 Å². The number of halogens is 1. The van der Waals surface area contributed by atoms with Crippen molar-refractivity contribution in [1.29, 1.82) is 0 Å². The van der Waals surface area contributed by atoms with Gasteiger partial charge in [-0.25, -0.2) is 0 Å². The third-order valence-corrected chi connectivity index (χ3v) is 3.81. The molecule has 1 amide bonds. The molecule has 0 aromatic carbocycles. The Kier molecular flexibility index (Phi) is 4.19. The first-order valence-electron chi connectivity index (χ1n) is 7.13. The normalized spacial score (nSPS) is 14.2. The fourth-order valence-corrected chi connectivity index (χ4v) is 2.67. The molecule has 3 heterocycles. The summed E-state index contributed by atoms with van der Waals surface area (Å²) in [5.41, 5.74) is 5.53. The van der Waals surface area contributed by atoms with Crippen molar-refractivity contribution < 1.29 is 4.79 Å². The molecule has 0 atom stereocenters. The molecule has 0 spiro atoms. The van der Waals surface area contributed by atoms with Gasteiger partial charge in [0.05, 0.1) is 12.1 Å². The Hall–Kier alpha value is -2.22. The number of carbonyl (C=O) groups excluding carboxylic acids is 1. The minimum Gasteiger partial charge on any atom is -0.365 e. The van der Waals surface area contributed by atoms with E-state index < -0.39 is 5.91 Å². The number of primary amides is 1. The Morgan fingerprint density at radius 2 is 2.14 bits per heavy atom. The van der Waals surface area contributed by atoms with Crippen LogP contribution in [0.1, 0.15) is 41.3 Å². The van der Waals surface area contributed by atoms with Crippen LogP contribution in [0.25, 0.3) is 0 Å². The highest BCUT2D eigenvalue weighted by molar-refractivity contribution is 6.29. The summed E-state index contributed by atoms with van der Waals surface area (Å²) in [5.74, 6) is 1.50. The van der Waals surface area contributed by atoms with Gasteiger partial charge in [0.1, 0.15) is 5.82 Å². The molecule has 0 bridgehead atoms. The van der Waals surface area contributed by atoms with Gasteiger partial charge in [-0.1, -0.05) is 18.0 Å². The van der Waals surface area contributed by atoms with Gasteiger partial charge in [0.2, 0.25) is 0 Å². The van der Waals surface area contributed by atoms with Crippen LogP contribution in [0.2, 0.25) is 5.15 Å². The van der Waals surface area contributed by atoms with Crippen LogP contribution < -0.4 is 11.1 Å². The molecule has 1 aliphatic rings. The maximum atomic E-state index is 11.4. The molecule has 3 rings (SSSR count). The summed E-state index contributed by atoms with van der Waals surface area (Å²) in [7, 11) is 0. The van der Waals surface area contributed by atoms with E-state index >= 15 is 0 Å². The fourth-order valence-electron chi connectivity index (χ4n) is 2.53. The quantitative estimate of drug-likeness (QED) is 0.874. The van der Waals surface area contributed by atoms with Crippen molar-refractivity contribution in [2.75, 3.05) is 5.32 Å². The predicted molar refractivity (Wildman–Crippen MR) is 80.5 cm³/mol. The van der Waals surface area contributed by atoms with Crippen LogP contribution in [0.15, 0.2) is 6.07 Å². The van der Waals surface area contributed by atoms with Crippen molar-refractivity contribution >= 4 is 23.3 Å². The van der Waals surface area contributed by atoms with E-state index in [2.05, 4.69) is 30.3 Å². The largest absolute Gasteiger partial charge is 0.365 e. The van der Waals surface area contributed by atoms with Crippen LogP contribution >= 0.6 is 11.6 Å². The van der Waals surface area contributed by atoms with E-state index in [1.807, 2.05) is 0 Å². The Morgan fingerprint density at radius 1 is 1.27 bits per heavy atom. The molecular weight excluding hydrogens is 306 g/mol. The second-order valence-electron chi connectivity index (χ2n) is 5.14. The van der Waals surface area contributed by atoms with E-state index in [9.17, 15) is 4.79 Å². The van der Waals surface area contributed by atoms with Gasteiger partial charge in [0, 0.05) is 13.0 Å². The summed E-state index contributed by atoms with van der Waals surface area (Å²) in [6.07, 6.45) is 4.40. The van der Waals surface area contributed by atoms with Crippen LogP contribution in [-0.2, 0) is 19.5 Å². The molecule has 0 radical (unpaired) electrons. The standard InChI is InChI=1S/C13H16ClN7O/c14-9-6-8(12(15)22)13(20-17-9)16-7-11-19-18-10-4-2-1-3-5-21(10)11/h6H,1-5,7H2,(H2,15,22)(H,16,20). The number of carbonyl (C=O) groups is 1. The molecule has 2 aromatic rings. The first kappa shape index (κ1) is 14.7. The molecule has 0 saturated carbocycles. The number of rotatable bonds is 4. The van der Waals surface area contributed by atoms with E-state index in [0.29, 0.717) is 12.4 Å². The number of aromatic nitrogens is 5. The Labute approximate surface area is 132 Å². The lowest BCUT2D eigenvalue weighted by Gasteiger charge is -2.10. The highest BCUT2D eigenvalue weighted by atomic mass is 35.5. The van der Waals surface area contributed by atoms with Gasteiger partial charge in [-0.15, -0.1) is 20.4 Å². The Balaban J connectivity index is 1.79. The molecule has 0 unspecified atom stereocenters. The van der Waals surface area contributed by atoms with Crippen LogP contribution in [0.4, 0.5) is 5.82 Å². The van der Waals surface area contributed by atoms with Gasteiger partial charge >= 0.3 is 0 Å². The Bertz CT molecular complexity index is 700. The first-order chi connectivity index (χ1) is 10.6. The number of fused-ring (bicyclic) bond motifs is 1. The van der Waals surface area contributed by atoms with E-state index in [1.165, 1.54) is 12.5 Å². The lowest BCUT2D eigenvalue weighted by Crippen LogP contribution is -2.17. The van der Waals surface area contributed by atoms with Crippen LogP contribution in [0.5, 0.6) is 0 Å². The third kappa shape index (κ3) is 3.01. The number of hydrogen-bond acceptors (Lipinski definition) is 6. The minimum atomic E-state index is -0.612. The zero-order valence-electron chi connectivity index (χ0n) is 11.9. The van der Waals surface area contributed by atoms with Crippen LogP contribution in [0, 0.1) is 0 Å². The van der Waals surface area contributed by atoms with Crippen molar-refractivity contribution in [3.8, 4) is 0 Å². The van der Waals surface area contributed by atoms with Crippen molar-refractivity contribution in [2.24, 2.45) is 5.73 Å². The van der Waals surface area contributed by atoms with Crippen LogP contribution in [0.3, 0.4) is 0 Å². The van der Waals surface area contributed by atoms with Crippen molar-refractivity contribution in [1.82, 2.24) is 25.0 Å². The number of nitrogens with zero attached hydrogens (tertiary/aromatic N) is 5. The number of hydrogen-bond donors (Lipinski definition) is 2. The SMILES string of the molecule is NC(=O)c1cc(Cl)nnc1NCc1nnc2n1CCCCC2.